The van der Waals surface area contributed by atoms with E-state index in [4.69, 9.17) is 5.73 Å². The molecule has 0 atom stereocenters. The minimum Gasteiger partial charge on any atom is -0.384 e. The molecule has 2 N–H and O–H groups in total. The van der Waals surface area contributed by atoms with Crippen LogP contribution >= 0.6 is 0 Å². The fraction of sp³-hybridized carbons (Fsp3) is 0.474. The second-order valence-electron chi connectivity index (χ2n) is 6.93. The molecule has 0 bridgehead atoms. The summed E-state index contributed by atoms with van der Waals surface area (Å²) in [6, 6.07) is 3.77. The molecule has 26 heavy (non-hydrogen) atoms. The van der Waals surface area contributed by atoms with E-state index in [1.807, 2.05) is 11.0 Å². The Morgan fingerprint density at radius 2 is 1.92 bits per heavy atom. The number of anilines is 2. The number of carbonyl (C=O) groups is 1. The first-order chi connectivity index (χ1) is 12.7. The van der Waals surface area contributed by atoms with E-state index in [9.17, 15) is 4.79 Å². The van der Waals surface area contributed by atoms with Crippen molar-refractivity contribution in [1.82, 2.24) is 19.9 Å². The van der Waals surface area contributed by atoms with Crippen molar-refractivity contribution in [1.29, 1.82) is 0 Å². The zero-order chi connectivity index (χ0) is 18.1. The third-order valence-electron chi connectivity index (χ3n) is 5.13. The summed E-state index contributed by atoms with van der Waals surface area (Å²) >= 11 is 0. The molecule has 0 radical (unpaired) electrons. The second kappa shape index (κ2) is 6.90. The number of carbonyl (C=O) groups excluding carboxylic acids is 1. The van der Waals surface area contributed by atoms with Gasteiger partial charge in [0.25, 0.3) is 0 Å². The molecule has 7 nitrogen and oxygen atoms in total. The van der Waals surface area contributed by atoms with Gasteiger partial charge in [-0.1, -0.05) is 6.92 Å². The molecule has 1 aliphatic carbocycles. The maximum Gasteiger partial charge on any atom is 0.225 e. The Labute approximate surface area is 153 Å². The number of aryl methyl sites for hydroxylation is 1. The van der Waals surface area contributed by atoms with Crippen LogP contribution in [0.25, 0.3) is 11.1 Å². The monoisotopic (exact) mass is 352 g/mol. The lowest BCUT2D eigenvalue weighted by molar-refractivity contribution is -0.132. The van der Waals surface area contributed by atoms with Crippen molar-refractivity contribution in [2.45, 2.75) is 26.2 Å². The summed E-state index contributed by atoms with van der Waals surface area (Å²) in [6.07, 6.45) is 6.33. The zero-order valence-electron chi connectivity index (χ0n) is 15.1. The van der Waals surface area contributed by atoms with Crippen molar-refractivity contribution < 1.29 is 4.79 Å². The highest BCUT2D eigenvalue weighted by Gasteiger charge is 2.35. The lowest BCUT2D eigenvalue weighted by Crippen LogP contribution is -2.49. The molecule has 7 heteroatoms. The molecular formula is C19H24N6O. The predicted octanol–water partition coefficient (Wildman–Crippen LogP) is 1.74. The van der Waals surface area contributed by atoms with Gasteiger partial charge in [0.1, 0.15) is 18.0 Å². The quantitative estimate of drug-likeness (QED) is 0.902. The number of aromatic nitrogens is 3. The van der Waals surface area contributed by atoms with E-state index in [2.05, 4.69) is 26.8 Å². The van der Waals surface area contributed by atoms with Crippen molar-refractivity contribution in [3.05, 3.63) is 30.4 Å². The van der Waals surface area contributed by atoms with Crippen LogP contribution in [-0.2, 0) is 11.2 Å². The first-order valence-corrected chi connectivity index (χ1v) is 9.27. The SMILES string of the molecule is CCc1ncnc(N2CCN(C(=O)C3CC3)CC2)c1-c1ccc(N)nc1. The van der Waals surface area contributed by atoms with Crippen molar-refractivity contribution in [3.63, 3.8) is 0 Å². The fourth-order valence-corrected chi connectivity index (χ4v) is 3.50. The van der Waals surface area contributed by atoms with Crippen molar-refractivity contribution >= 4 is 17.5 Å². The Balaban J connectivity index is 1.60. The van der Waals surface area contributed by atoms with E-state index >= 15 is 0 Å². The van der Waals surface area contributed by atoms with Gasteiger partial charge in [-0.3, -0.25) is 4.79 Å². The molecule has 2 aromatic rings. The molecule has 0 aromatic carbocycles. The molecule has 1 amide bonds. The van der Waals surface area contributed by atoms with Gasteiger partial charge < -0.3 is 15.5 Å². The minimum absolute atomic E-state index is 0.281. The standard InChI is InChI=1S/C19H24N6O/c1-2-15-17(14-5-6-16(20)21-11-14)18(23-12-22-15)24-7-9-25(10-8-24)19(26)13-3-4-13/h5-6,11-13H,2-4,7-10H2,1H3,(H2,20,21). The highest BCUT2D eigenvalue weighted by atomic mass is 16.2. The van der Waals surface area contributed by atoms with E-state index in [-0.39, 0.29) is 5.92 Å². The van der Waals surface area contributed by atoms with Crippen molar-refractivity contribution in [2.24, 2.45) is 5.92 Å². The Morgan fingerprint density at radius 1 is 1.15 bits per heavy atom. The molecule has 3 heterocycles. The summed E-state index contributed by atoms with van der Waals surface area (Å²) in [6.45, 7) is 5.16. The number of nitrogens with two attached hydrogens (primary N) is 1. The summed E-state index contributed by atoms with van der Waals surface area (Å²) in [5.74, 6) is 2.02. The fourth-order valence-electron chi connectivity index (χ4n) is 3.50. The predicted molar refractivity (Wildman–Crippen MR) is 101 cm³/mol. The van der Waals surface area contributed by atoms with E-state index < -0.39 is 0 Å². The number of hydrogen-bond donors (Lipinski definition) is 1. The van der Waals surface area contributed by atoms with Gasteiger partial charge in [0.15, 0.2) is 0 Å². The molecule has 2 aromatic heterocycles. The van der Waals surface area contributed by atoms with Crippen LogP contribution in [0, 0.1) is 5.92 Å². The summed E-state index contributed by atoms with van der Waals surface area (Å²) in [5.41, 5.74) is 8.73. The summed E-state index contributed by atoms with van der Waals surface area (Å²) in [4.78, 5) is 29.8. The van der Waals surface area contributed by atoms with Crippen LogP contribution in [0.4, 0.5) is 11.6 Å². The molecule has 0 unspecified atom stereocenters. The lowest BCUT2D eigenvalue weighted by atomic mass is 10.0. The van der Waals surface area contributed by atoms with Crippen molar-refractivity contribution in [3.8, 4) is 11.1 Å². The summed E-state index contributed by atoms with van der Waals surface area (Å²) in [5, 5.41) is 0. The van der Waals surface area contributed by atoms with Gasteiger partial charge in [-0.25, -0.2) is 15.0 Å². The first-order valence-electron chi connectivity index (χ1n) is 9.27. The zero-order valence-corrected chi connectivity index (χ0v) is 15.1. The number of hydrogen-bond acceptors (Lipinski definition) is 6. The molecule has 1 aliphatic heterocycles. The van der Waals surface area contributed by atoms with Crippen LogP contribution in [0.1, 0.15) is 25.5 Å². The van der Waals surface area contributed by atoms with Crippen LogP contribution in [0.5, 0.6) is 0 Å². The maximum atomic E-state index is 12.3. The van der Waals surface area contributed by atoms with E-state index in [1.165, 1.54) is 0 Å². The van der Waals surface area contributed by atoms with Gasteiger partial charge in [0.05, 0.1) is 5.69 Å². The maximum absolute atomic E-state index is 12.3. The van der Waals surface area contributed by atoms with Crippen LogP contribution in [0.2, 0.25) is 0 Å². The average Bonchev–Trinajstić information content (AvgIpc) is 3.53. The smallest absolute Gasteiger partial charge is 0.225 e. The topological polar surface area (TPSA) is 88.2 Å². The van der Waals surface area contributed by atoms with Gasteiger partial charge in [0.2, 0.25) is 5.91 Å². The largest absolute Gasteiger partial charge is 0.384 e. The van der Waals surface area contributed by atoms with Gasteiger partial charge in [0, 0.05) is 49.4 Å². The Bertz CT molecular complexity index is 794. The first kappa shape index (κ1) is 16.8. The Morgan fingerprint density at radius 3 is 2.54 bits per heavy atom. The van der Waals surface area contributed by atoms with E-state index in [0.29, 0.717) is 11.7 Å². The molecule has 0 spiro atoms. The number of piperazine rings is 1. The Hall–Kier alpha value is -2.70. The highest BCUT2D eigenvalue weighted by molar-refractivity contribution is 5.82. The van der Waals surface area contributed by atoms with E-state index in [0.717, 1.165) is 68.1 Å². The normalized spacial score (nSPS) is 17.4. The molecule has 1 saturated heterocycles. The van der Waals surface area contributed by atoms with Crippen LogP contribution < -0.4 is 10.6 Å². The molecule has 4 rings (SSSR count). The van der Waals surface area contributed by atoms with Crippen LogP contribution in [-0.4, -0.2) is 51.9 Å². The molecule has 2 aliphatic rings. The van der Waals surface area contributed by atoms with Crippen molar-refractivity contribution in [2.75, 3.05) is 36.8 Å². The number of nitrogen functional groups attached to an aromatic ring is 1. The third-order valence-corrected chi connectivity index (χ3v) is 5.13. The number of nitrogens with zero attached hydrogens (tertiary/aromatic N) is 5. The van der Waals surface area contributed by atoms with Gasteiger partial charge in [-0.15, -0.1) is 0 Å². The highest BCUT2D eigenvalue weighted by Crippen LogP contribution is 2.34. The lowest BCUT2D eigenvalue weighted by Gasteiger charge is -2.36. The van der Waals surface area contributed by atoms with Gasteiger partial charge in [-0.05, 0) is 31.4 Å². The summed E-state index contributed by atoms with van der Waals surface area (Å²) in [7, 11) is 0. The molecule has 2 fully saturated rings. The van der Waals surface area contributed by atoms with Crippen LogP contribution in [0.3, 0.4) is 0 Å². The number of pyridine rings is 1. The minimum atomic E-state index is 0.281. The molecule has 136 valence electrons. The Kier molecular flexibility index (Phi) is 4.44. The van der Waals surface area contributed by atoms with E-state index in [1.54, 1.807) is 18.6 Å². The molecule has 1 saturated carbocycles. The van der Waals surface area contributed by atoms with Gasteiger partial charge in [-0.2, -0.15) is 0 Å². The third kappa shape index (κ3) is 3.21. The van der Waals surface area contributed by atoms with Crippen LogP contribution in [0.15, 0.2) is 24.7 Å². The summed E-state index contributed by atoms with van der Waals surface area (Å²) < 4.78 is 0. The van der Waals surface area contributed by atoms with Gasteiger partial charge >= 0.3 is 0 Å². The number of amides is 1. The number of rotatable bonds is 4. The second-order valence-corrected chi connectivity index (χ2v) is 6.93. The average molecular weight is 352 g/mol. The molecular weight excluding hydrogens is 328 g/mol.